The highest BCUT2D eigenvalue weighted by Gasteiger charge is 2.38. The highest BCUT2D eigenvalue weighted by atomic mass is 33.1. The van der Waals surface area contributed by atoms with Gasteiger partial charge >= 0.3 is 42.0 Å². The SMILES string of the molecule is CCCCCOCN(C(=O)[C@@H](NC(=O)C1CCCCN1C)C(C)CC)[C@H](CCc1nc(C(=O)N[C@@H](Cc2ccc(O)cc2)C[C@H](C)C(=O)NNC(=O)OCCSSCCNC(=O)[C@H](CC(=O)O)NC(=O)C(CC(=O)O)NC(=O)Cc2ccc(CNC(=O)NCCCC[C@@H](C)NC(=O)N[C@@H](CCCC(=O)O)C(=O)O)cc2)cs1)C(C)C. The predicted molar refractivity (Wildman–Crippen MR) is 432 cm³/mol. The lowest BCUT2D eigenvalue weighted by Crippen LogP contribution is -2.59. The number of hydrazine groups is 1. The number of hydrogen-bond donors (Lipinski definition) is 16. The van der Waals surface area contributed by atoms with Crippen LogP contribution in [0.3, 0.4) is 0 Å². The summed E-state index contributed by atoms with van der Waals surface area (Å²) in [4.78, 5) is 188. The highest BCUT2D eigenvalue weighted by Crippen LogP contribution is 2.26. The molecule has 640 valence electrons. The van der Waals surface area contributed by atoms with Crippen molar-refractivity contribution in [2.75, 3.05) is 58.1 Å². The van der Waals surface area contributed by atoms with Gasteiger partial charge in [0.2, 0.25) is 35.4 Å². The van der Waals surface area contributed by atoms with E-state index in [0.717, 1.165) is 50.6 Å². The lowest BCUT2D eigenvalue weighted by atomic mass is 9.93. The van der Waals surface area contributed by atoms with E-state index in [0.29, 0.717) is 67.8 Å². The van der Waals surface area contributed by atoms with Crippen LogP contribution in [-0.2, 0) is 83.2 Å². The van der Waals surface area contributed by atoms with Crippen LogP contribution < -0.4 is 58.7 Å². The Morgan fingerprint density at radius 1 is 0.652 bits per heavy atom. The second-order valence-corrected chi connectivity index (χ2v) is 32.6. The Kier molecular flexibility index (Phi) is 45.6. The third kappa shape index (κ3) is 39.1. The third-order valence-electron chi connectivity index (χ3n) is 19.1. The van der Waals surface area contributed by atoms with Crippen molar-refractivity contribution in [1.29, 1.82) is 0 Å². The van der Waals surface area contributed by atoms with Gasteiger partial charge in [0, 0.05) is 80.0 Å². The topological polar surface area (TPSA) is 510 Å². The Hall–Kier alpha value is -9.53. The molecular weight excluding hydrogens is 1550 g/mol. The molecule has 0 spiro atoms. The van der Waals surface area contributed by atoms with E-state index in [2.05, 4.69) is 65.6 Å². The van der Waals surface area contributed by atoms with Crippen LogP contribution in [0, 0.1) is 17.8 Å². The molecule has 2 heterocycles. The lowest BCUT2D eigenvalue weighted by molar-refractivity contribution is -0.148. The van der Waals surface area contributed by atoms with Crippen LogP contribution in [0.25, 0.3) is 0 Å². The van der Waals surface area contributed by atoms with E-state index in [1.165, 1.54) is 45.1 Å². The maximum absolute atomic E-state index is 14.9. The van der Waals surface area contributed by atoms with Gasteiger partial charge in [0.05, 0.1) is 30.3 Å². The fourth-order valence-corrected chi connectivity index (χ4v) is 14.9. The maximum Gasteiger partial charge on any atom is 0.426 e. The first-order valence-corrected chi connectivity index (χ1v) is 42.4. The summed E-state index contributed by atoms with van der Waals surface area (Å²) in [7, 11) is 4.44. The smallest absolute Gasteiger partial charge is 0.426 e. The molecule has 35 nitrogen and oxygen atoms in total. The highest BCUT2D eigenvalue weighted by molar-refractivity contribution is 8.76. The molecule has 115 heavy (non-hydrogen) atoms. The number of aryl methyl sites for hydroxylation is 1. The molecule has 0 radical (unpaired) electrons. The number of aromatic nitrogens is 1. The average Bonchev–Trinajstić information content (AvgIpc) is 0.890. The van der Waals surface area contributed by atoms with Crippen LogP contribution in [0.4, 0.5) is 14.4 Å². The van der Waals surface area contributed by atoms with Crippen molar-refractivity contribution in [1.82, 2.24) is 73.5 Å². The molecule has 1 saturated heterocycles. The Morgan fingerprint density at radius 3 is 1.98 bits per heavy atom. The van der Waals surface area contributed by atoms with Gasteiger partial charge in [0.15, 0.2) is 0 Å². The largest absolute Gasteiger partial charge is 0.508 e. The summed E-state index contributed by atoms with van der Waals surface area (Å²) < 4.78 is 11.4. The second kappa shape index (κ2) is 53.6. The first-order chi connectivity index (χ1) is 54.8. The zero-order chi connectivity index (χ0) is 84.9. The van der Waals surface area contributed by atoms with Crippen LogP contribution in [0.1, 0.15) is 190 Å². The Morgan fingerprint density at radius 2 is 1.33 bits per heavy atom. The average molecular weight is 1670 g/mol. The van der Waals surface area contributed by atoms with Gasteiger partial charge in [-0.15, -0.1) is 11.3 Å². The number of nitrogens with zero attached hydrogens (tertiary/aromatic N) is 3. The number of rotatable bonds is 54. The molecular formula is C77H118N14O21S3. The van der Waals surface area contributed by atoms with Crippen molar-refractivity contribution >= 4 is 116 Å². The zero-order valence-electron chi connectivity index (χ0n) is 66.9. The molecule has 16 N–H and O–H groups in total. The Balaban J connectivity index is 1.19. The van der Waals surface area contributed by atoms with Crippen molar-refractivity contribution in [2.45, 2.75) is 232 Å². The summed E-state index contributed by atoms with van der Waals surface area (Å²) >= 11 is 1.31. The molecule has 2 aromatic carbocycles. The number of unbranched alkanes of at least 4 members (excludes halogenated alkanes) is 3. The molecule has 1 aromatic heterocycles. The van der Waals surface area contributed by atoms with Gasteiger partial charge in [-0.05, 0) is 132 Å². The van der Waals surface area contributed by atoms with E-state index in [4.69, 9.17) is 19.6 Å². The first-order valence-electron chi connectivity index (χ1n) is 39.1. The van der Waals surface area contributed by atoms with Crippen molar-refractivity contribution in [3.8, 4) is 5.75 Å². The minimum Gasteiger partial charge on any atom is -0.508 e. The molecule has 3 unspecified atom stereocenters. The Bertz CT molecular complexity index is 3620. The van der Waals surface area contributed by atoms with Crippen LogP contribution in [-0.4, -0.2) is 230 Å². The van der Waals surface area contributed by atoms with Crippen molar-refractivity contribution in [2.24, 2.45) is 17.8 Å². The molecule has 1 fully saturated rings. The third-order valence-corrected chi connectivity index (χ3v) is 22.3. The number of likely N-dealkylation sites (tertiary alicyclic amines) is 1. The summed E-state index contributed by atoms with van der Waals surface area (Å²) in [6.07, 6.45) is 5.85. The number of carbonyl (C=O) groups excluding carboxylic acids is 10. The molecule has 4 rings (SSSR count). The monoisotopic (exact) mass is 1670 g/mol. The number of piperidine rings is 1. The van der Waals surface area contributed by atoms with Gasteiger partial charge in [0.1, 0.15) is 48.9 Å². The standard InChI is InChI=1S/C77H118N14O21S3/c1-9-11-16-35-111-46-91(73(105)67(48(5)10-2)87-72(104)61-20-13-15-34-90(61)8)60(47(3)4)30-31-63-84-59(45-113-63)71(103)82-54(40-51-26-28-55(92)29-27-51)39-49(6)68(100)88-89-77(110)112-36-38-115-114-37-33-78-69(101)57(42-65(96)97)85-70(102)58(43-66(98)99)83-62(93)41-52-22-24-53(25-23-52)44-80-75(108)79-32-14-12-18-50(7)81-76(109)86-56(74(106)107)19-17-21-64(94)95/h22-29,45,47-50,54,56-58,60-61,67,92H,9-21,30-44,46H2,1-8H3,(H,78,101)(H,82,103)(H,83,93)(H,85,102)(H,87,104)(H,88,100)(H,89,110)(H,94,95)(H,96,97)(H,98,99)(H,106,107)(H2,79,80,108)(H2,81,86,109)/t48?,49-,50+,54+,56-,57-,58?,60+,61?,67-/m0/s1. The molecule has 0 bridgehead atoms. The number of aromatic hydroxyl groups is 1. The van der Waals surface area contributed by atoms with E-state index in [-0.39, 0.29) is 130 Å². The summed E-state index contributed by atoms with van der Waals surface area (Å²) in [5.41, 5.74) is 6.60. The minimum atomic E-state index is -1.71. The molecule has 0 aliphatic carbocycles. The number of urea groups is 2. The number of nitrogens with one attached hydrogen (secondary N) is 11. The number of carboxylic acid groups (broad SMARTS) is 4. The second-order valence-electron chi connectivity index (χ2n) is 28.9. The summed E-state index contributed by atoms with van der Waals surface area (Å²) in [6.45, 7) is 15.1. The molecule has 0 saturated carbocycles. The number of benzene rings is 2. The van der Waals surface area contributed by atoms with Crippen molar-refractivity contribution < 1.29 is 102 Å². The zero-order valence-corrected chi connectivity index (χ0v) is 69.3. The number of phenolic OH excluding ortho intramolecular Hbond substituents is 1. The summed E-state index contributed by atoms with van der Waals surface area (Å²) in [6, 6.07) is 4.69. The van der Waals surface area contributed by atoms with Crippen LogP contribution in [0.5, 0.6) is 5.75 Å². The number of phenols is 1. The fraction of sp³-hybridized carbons (Fsp3) is 0.623. The van der Waals surface area contributed by atoms with Gasteiger partial charge in [-0.2, -0.15) is 0 Å². The van der Waals surface area contributed by atoms with Gasteiger partial charge in [-0.3, -0.25) is 58.3 Å². The number of carbonyl (C=O) groups is 14. The number of likely N-dealkylation sites (N-methyl/N-ethyl adjacent to an activating group) is 1. The molecule has 12 amide bonds. The van der Waals surface area contributed by atoms with Gasteiger partial charge in [-0.25, -0.2) is 29.6 Å². The number of aliphatic carboxylic acids is 4. The van der Waals surface area contributed by atoms with E-state index in [1.807, 2.05) is 39.6 Å². The maximum atomic E-state index is 14.9. The van der Waals surface area contributed by atoms with Gasteiger partial charge < -0.3 is 87.8 Å². The predicted octanol–water partition coefficient (Wildman–Crippen LogP) is 5.96. The van der Waals surface area contributed by atoms with E-state index in [1.54, 1.807) is 60.5 Å². The molecule has 1 aliphatic rings. The van der Waals surface area contributed by atoms with Crippen molar-refractivity contribution in [3.63, 3.8) is 0 Å². The lowest BCUT2D eigenvalue weighted by Gasteiger charge is -2.39. The number of thiazole rings is 1. The Labute approximate surface area is 683 Å². The van der Waals surface area contributed by atoms with Gasteiger partial charge in [-0.1, -0.05) is 125 Å². The molecule has 3 aromatic rings. The normalized spacial score (nSPS) is 15.1. The van der Waals surface area contributed by atoms with E-state index in [9.17, 15) is 87.5 Å². The molecule has 10 atom stereocenters. The number of amides is 12. The first kappa shape index (κ1) is 97.8. The van der Waals surface area contributed by atoms with Gasteiger partial charge in [0.25, 0.3) is 5.91 Å². The van der Waals surface area contributed by atoms with Crippen LogP contribution in [0.2, 0.25) is 0 Å². The number of carboxylic acids is 4. The van der Waals surface area contributed by atoms with E-state index >= 15 is 0 Å². The quantitative estimate of drug-likeness (QED) is 0.0134. The minimum absolute atomic E-state index is 0.0163. The number of ether oxygens (including phenoxy) is 2. The molecule has 1 aliphatic heterocycles. The van der Waals surface area contributed by atoms with Crippen LogP contribution in [0.15, 0.2) is 53.9 Å². The fourth-order valence-electron chi connectivity index (χ4n) is 12.4. The summed E-state index contributed by atoms with van der Waals surface area (Å²) in [5, 5.41) is 73.3. The van der Waals surface area contributed by atoms with Crippen LogP contribution >= 0.6 is 32.9 Å². The van der Waals surface area contributed by atoms with E-state index < -0.39 is 121 Å². The summed E-state index contributed by atoms with van der Waals surface area (Å²) in [5.74, 6) is -9.94. The van der Waals surface area contributed by atoms with Crippen molar-refractivity contribution in [3.05, 3.63) is 81.3 Å². The molecule has 38 heteroatoms. The number of hydrogen-bond acceptors (Lipinski definition) is 22.